The van der Waals surface area contributed by atoms with Crippen LogP contribution in [0.4, 0.5) is 0 Å². The molecule has 1 rings (SSSR count). The number of sulfone groups is 1. The summed E-state index contributed by atoms with van der Waals surface area (Å²) in [5, 5.41) is 4.91. The lowest BCUT2D eigenvalue weighted by molar-refractivity contribution is 0.405. The summed E-state index contributed by atoms with van der Waals surface area (Å²) in [4.78, 5) is 0. The van der Waals surface area contributed by atoms with E-state index in [0.29, 0.717) is 11.4 Å². The molecule has 20 heavy (non-hydrogen) atoms. The predicted octanol–water partition coefficient (Wildman–Crippen LogP) is 0.834. The Hall–Kier alpha value is -0.630. The van der Waals surface area contributed by atoms with E-state index in [0.717, 1.165) is 17.8 Å². The zero-order chi connectivity index (χ0) is 15.7. The summed E-state index contributed by atoms with van der Waals surface area (Å²) in [6.45, 7) is 5.27. The molecule has 6 nitrogen and oxygen atoms in total. The van der Waals surface area contributed by atoms with Gasteiger partial charge < -0.3 is 0 Å². The quantitative estimate of drug-likeness (QED) is 0.598. The van der Waals surface area contributed by atoms with E-state index in [1.807, 2.05) is 6.92 Å². The Morgan fingerprint density at radius 3 is 2.40 bits per heavy atom. The highest BCUT2D eigenvalue weighted by molar-refractivity contribution is 7.92. The fourth-order valence-corrected chi connectivity index (χ4v) is 3.04. The van der Waals surface area contributed by atoms with Gasteiger partial charge in [-0.1, -0.05) is 18.5 Å². The van der Waals surface area contributed by atoms with Gasteiger partial charge >= 0.3 is 0 Å². The van der Waals surface area contributed by atoms with Crippen LogP contribution in [0.2, 0.25) is 5.02 Å². The number of aryl methyl sites for hydroxylation is 2. The van der Waals surface area contributed by atoms with Crippen LogP contribution < -0.4 is 11.3 Å². The monoisotopic (exact) mass is 322 g/mol. The van der Waals surface area contributed by atoms with E-state index in [1.165, 1.54) is 6.26 Å². The highest BCUT2D eigenvalue weighted by Gasteiger charge is 2.39. The van der Waals surface area contributed by atoms with Crippen molar-refractivity contribution in [2.24, 2.45) is 12.9 Å². The highest BCUT2D eigenvalue weighted by atomic mass is 35.5. The lowest BCUT2D eigenvalue weighted by Gasteiger charge is -2.32. The van der Waals surface area contributed by atoms with Crippen LogP contribution in [0.1, 0.15) is 32.2 Å². The molecule has 0 aromatic carbocycles. The van der Waals surface area contributed by atoms with Crippen molar-refractivity contribution in [3.05, 3.63) is 16.4 Å². The first kappa shape index (κ1) is 17.4. The normalized spacial score (nSPS) is 14.6. The molecular formula is C12H23ClN4O2S. The molecule has 0 saturated heterocycles. The van der Waals surface area contributed by atoms with Crippen LogP contribution in [0.15, 0.2) is 0 Å². The Bertz CT molecular complexity index is 581. The van der Waals surface area contributed by atoms with Gasteiger partial charge in [0.25, 0.3) is 0 Å². The van der Waals surface area contributed by atoms with Crippen LogP contribution in [-0.4, -0.2) is 35.2 Å². The molecule has 0 spiro atoms. The molecule has 0 amide bonds. The number of hydrogen-bond acceptors (Lipinski definition) is 5. The number of rotatable bonds is 6. The number of hydrogen-bond donors (Lipinski definition) is 2. The smallest absolute Gasteiger partial charge is 0.154 e. The van der Waals surface area contributed by atoms with E-state index in [1.54, 1.807) is 25.6 Å². The fraction of sp³-hybridized carbons (Fsp3) is 0.750. The van der Waals surface area contributed by atoms with Crippen LogP contribution >= 0.6 is 11.6 Å². The summed E-state index contributed by atoms with van der Waals surface area (Å²) >= 11 is 6.29. The zero-order valence-electron chi connectivity index (χ0n) is 12.6. The molecule has 0 aliphatic heterocycles. The number of halogens is 1. The fourth-order valence-electron chi connectivity index (χ4n) is 2.00. The summed E-state index contributed by atoms with van der Waals surface area (Å²) in [6, 6.07) is -0.463. The minimum absolute atomic E-state index is 0.388. The number of nitrogens with zero attached hydrogens (tertiary/aromatic N) is 2. The molecule has 0 aliphatic rings. The highest BCUT2D eigenvalue weighted by Crippen LogP contribution is 2.27. The third kappa shape index (κ3) is 3.16. The lowest BCUT2D eigenvalue weighted by Crippen LogP contribution is -2.55. The molecule has 8 heteroatoms. The summed E-state index contributed by atoms with van der Waals surface area (Å²) < 4.78 is 24.5. The number of hydrazine groups is 1. The maximum absolute atomic E-state index is 11.9. The first-order valence-corrected chi connectivity index (χ1v) is 8.69. The van der Waals surface area contributed by atoms with E-state index in [9.17, 15) is 8.42 Å². The van der Waals surface area contributed by atoms with E-state index < -0.39 is 20.6 Å². The second-order valence-electron chi connectivity index (χ2n) is 5.48. The van der Waals surface area contributed by atoms with Gasteiger partial charge in [0.15, 0.2) is 9.84 Å². The Labute approximate surface area is 125 Å². The molecule has 1 atom stereocenters. The predicted molar refractivity (Wildman–Crippen MR) is 81.3 cm³/mol. The van der Waals surface area contributed by atoms with E-state index >= 15 is 0 Å². The van der Waals surface area contributed by atoms with Crippen LogP contribution in [-0.2, 0) is 29.7 Å². The maximum Gasteiger partial charge on any atom is 0.154 e. The molecule has 0 saturated carbocycles. The van der Waals surface area contributed by atoms with E-state index in [4.69, 9.17) is 17.4 Å². The number of nitrogens with two attached hydrogens (primary N) is 1. The Kier molecular flexibility index (Phi) is 5.23. The van der Waals surface area contributed by atoms with Gasteiger partial charge in [0, 0.05) is 25.8 Å². The van der Waals surface area contributed by atoms with Crippen molar-refractivity contribution in [3.8, 4) is 0 Å². The van der Waals surface area contributed by atoms with Crippen molar-refractivity contribution in [2.45, 2.75) is 44.4 Å². The van der Waals surface area contributed by atoms with Crippen LogP contribution in [0.5, 0.6) is 0 Å². The molecule has 3 N–H and O–H groups in total. The number of nitrogens with one attached hydrogen (secondary N) is 1. The van der Waals surface area contributed by atoms with Crippen LogP contribution in [0, 0.1) is 0 Å². The summed E-state index contributed by atoms with van der Waals surface area (Å²) in [5.74, 6) is 5.56. The average molecular weight is 323 g/mol. The molecule has 116 valence electrons. The molecule has 0 radical (unpaired) electrons. The van der Waals surface area contributed by atoms with Gasteiger partial charge in [-0.3, -0.25) is 16.0 Å². The van der Waals surface area contributed by atoms with Crippen LogP contribution in [0.25, 0.3) is 0 Å². The molecule has 1 heterocycles. The van der Waals surface area contributed by atoms with Crippen molar-refractivity contribution in [2.75, 3.05) is 6.26 Å². The second kappa shape index (κ2) is 6.01. The second-order valence-corrected chi connectivity index (χ2v) is 8.46. The molecule has 0 aliphatic carbocycles. The average Bonchev–Trinajstić information content (AvgIpc) is 2.60. The van der Waals surface area contributed by atoms with Crippen molar-refractivity contribution < 1.29 is 8.42 Å². The standard InChI is InChI=1S/C12H23ClN4O2S/c1-6-8-11(13)9(17(4)16-8)7-10(15-14)12(2,3)20(5,18)19/h10,15H,6-7,14H2,1-5H3. The van der Waals surface area contributed by atoms with Gasteiger partial charge in [-0.05, 0) is 20.3 Å². The number of aromatic nitrogens is 2. The van der Waals surface area contributed by atoms with Crippen molar-refractivity contribution in [1.82, 2.24) is 15.2 Å². The molecule has 0 fully saturated rings. The first-order valence-electron chi connectivity index (χ1n) is 6.42. The Morgan fingerprint density at radius 2 is 2.05 bits per heavy atom. The topological polar surface area (TPSA) is 90.0 Å². The van der Waals surface area contributed by atoms with Crippen molar-refractivity contribution in [1.29, 1.82) is 0 Å². The summed E-state index contributed by atoms with van der Waals surface area (Å²) in [6.07, 6.45) is 2.32. The summed E-state index contributed by atoms with van der Waals surface area (Å²) in [5.41, 5.74) is 4.18. The first-order chi connectivity index (χ1) is 9.06. The van der Waals surface area contributed by atoms with Gasteiger partial charge in [-0.2, -0.15) is 5.10 Å². The molecule has 1 aromatic heterocycles. The zero-order valence-corrected chi connectivity index (χ0v) is 14.1. The van der Waals surface area contributed by atoms with Gasteiger partial charge in [-0.25, -0.2) is 8.42 Å². The van der Waals surface area contributed by atoms with E-state index in [2.05, 4.69) is 10.5 Å². The van der Waals surface area contributed by atoms with Crippen LogP contribution in [0.3, 0.4) is 0 Å². The Balaban J connectivity index is 3.16. The maximum atomic E-state index is 11.9. The Morgan fingerprint density at radius 1 is 1.50 bits per heavy atom. The van der Waals surface area contributed by atoms with Gasteiger partial charge in [0.05, 0.1) is 21.2 Å². The lowest BCUT2D eigenvalue weighted by atomic mass is 9.98. The van der Waals surface area contributed by atoms with Gasteiger partial charge in [-0.15, -0.1) is 0 Å². The third-order valence-electron chi connectivity index (χ3n) is 3.90. The van der Waals surface area contributed by atoms with Gasteiger partial charge in [0.1, 0.15) is 0 Å². The summed E-state index contributed by atoms with van der Waals surface area (Å²) in [7, 11) is -1.48. The largest absolute Gasteiger partial charge is 0.271 e. The van der Waals surface area contributed by atoms with Gasteiger partial charge in [0.2, 0.25) is 0 Å². The third-order valence-corrected chi connectivity index (χ3v) is 6.53. The SMILES string of the molecule is CCc1nn(C)c(CC(NN)C(C)(C)S(C)(=O)=O)c1Cl. The van der Waals surface area contributed by atoms with Crippen molar-refractivity contribution in [3.63, 3.8) is 0 Å². The molecule has 0 bridgehead atoms. The molecule has 1 unspecified atom stereocenters. The molecular weight excluding hydrogens is 300 g/mol. The van der Waals surface area contributed by atoms with Crippen molar-refractivity contribution >= 4 is 21.4 Å². The minimum atomic E-state index is -3.27. The minimum Gasteiger partial charge on any atom is -0.271 e. The van der Waals surface area contributed by atoms with E-state index in [-0.39, 0.29) is 0 Å². The molecule has 1 aromatic rings.